The van der Waals surface area contributed by atoms with Crippen molar-refractivity contribution >= 4 is 16.9 Å². The van der Waals surface area contributed by atoms with E-state index >= 15 is 0 Å². The first-order valence-electron chi connectivity index (χ1n) is 5.35. The zero-order chi connectivity index (χ0) is 12.1. The lowest BCUT2D eigenvalue weighted by atomic mass is 10.2. The third-order valence-electron chi connectivity index (χ3n) is 2.06. The highest BCUT2D eigenvalue weighted by Gasteiger charge is 2.11. The van der Waals surface area contributed by atoms with Gasteiger partial charge in [-0.15, -0.1) is 0 Å². The predicted octanol–water partition coefficient (Wildman–Crippen LogP) is 1.65. The molecule has 2 aromatic rings. The van der Waals surface area contributed by atoms with Gasteiger partial charge < -0.3 is 10.7 Å². The average Bonchev–Trinajstić information content (AvgIpc) is 2.77. The monoisotopic (exact) mass is 220 g/mol. The number of nitrogens with two attached hydrogens (primary N) is 1. The molecule has 2 rings (SSSR count). The number of amides is 1. The molecule has 0 bridgehead atoms. The number of aromatic amines is 1. The molecule has 5 heteroatoms. The van der Waals surface area contributed by atoms with Crippen LogP contribution in [-0.2, 0) is 6.42 Å². The molecule has 3 N–H and O–H groups in total. The summed E-state index contributed by atoms with van der Waals surface area (Å²) in [5, 5.41) is 0. The molecular weight excluding hydrogens is 204 g/mol. The third-order valence-corrected chi connectivity index (χ3v) is 2.06. The number of aryl methyl sites for hydroxylation is 1. The van der Waals surface area contributed by atoms with E-state index in [0.717, 1.165) is 17.6 Å². The topological polar surface area (TPSA) is 84.7 Å². The molecule has 0 aromatic carbocycles. The molecule has 5 nitrogen and oxygen atoms in total. The van der Waals surface area contributed by atoms with E-state index in [4.69, 9.17) is 5.73 Å². The van der Waals surface area contributed by atoms with Crippen molar-refractivity contribution in [2.45, 2.75) is 27.2 Å². The fourth-order valence-electron chi connectivity index (χ4n) is 1.35. The molecule has 0 aliphatic heterocycles. The van der Waals surface area contributed by atoms with Crippen LogP contribution in [0.4, 0.5) is 0 Å². The summed E-state index contributed by atoms with van der Waals surface area (Å²) in [5.41, 5.74) is 7.61. The zero-order valence-electron chi connectivity index (χ0n) is 9.74. The fraction of sp³-hybridized carbons (Fsp3) is 0.364. The van der Waals surface area contributed by atoms with Crippen LogP contribution in [0.2, 0.25) is 0 Å². The van der Waals surface area contributed by atoms with Gasteiger partial charge in [-0.1, -0.05) is 20.8 Å². The third kappa shape index (κ3) is 2.18. The number of nitrogens with zero attached hydrogens (tertiary/aromatic N) is 2. The number of carbonyl (C=O) groups excluding carboxylic acids is 1. The van der Waals surface area contributed by atoms with Gasteiger partial charge in [0.1, 0.15) is 5.52 Å². The Hall–Kier alpha value is -1.91. The van der Waals surface area contributed by atoms with Crippen LogP contribution in [0.5, 0.6) is 0 Å². The van der Waals surface area contributed by atoms with Crippen LogP contribution in [-0.4, -0.2) is 20.9 Å². The van der Waals surface area contributed by atoms with E-state index in [2.05, 4.69) is 15.0 Å². The molecule has 0 unspecified atom stereocenters. The SMILES string of the molecule is CC.CCc1cc2[nH]cnc2c(C(N)=O)n1. The quantitative estimate of drug-likeness (QED) is 0.806. The van der Waals surface area contributed by atoms with E-state index < -0.39 is 5.91 Å². The Bertz CT molecular complexity index is 490. The molecule has 16 heavy (non-hydrogen) atoms. The lowest BCUT2D eigenvalue weighted by Crippen LogP contribution is -2.14. The number of hydrogen-bond donors (Lipinski definition) is 2. The first-order valence-corrected chi connectivity index (χ1v) is 5.35. The first-order chi connectivity index (χ1) is 7.72. The lowest BCUT2D eigenvalue weighted by Gasteiger charge is -2.00. The number of carbonyl (C=O) groups is 1. The number of fused-ring (bicyclic) bond motifs is 1. The second kappa shape index (κ2) is 5.25. The molecule has 86 valence electrons. The van der Waals surface area contributed by atoms with Gasteiger partial charge in [0, 0.05) is 5.69 Å². The summed E-state index contributed by atoms with van der Waals surface area (Å²) in [7, 11) is 0. The Morgan fingerprint density at radius 3 is 2.75 bits per heavy atom. The number of imidazole rings is 1. The van der Waals surface area contributed by atoms with Crippen molar-refractivity contribution in [3.63, 3.8) is 0 Å². The van der Waals surface area contributed by atoms with Gasteiger partial charge in [-0.2, -0.15) is 0 Å². The number of primary amides is 1. The van der Waals surface area contributed by atoms with E-state index in [9.17, 15) is 4.79 Å². The van der Waals surface area contributed by atoms with Crippen molar-refractivity contribution in [1.82, 2.24) is 15.0 Å². The number of nitrogens with one attached hydrogen (secondary N) is 1. The normalized spacial score (nSPS) is 9.69. The van der Waals surface area contributed by atoms with E-state index in [1.54, 1.807) is 0 Å². The highest BCUT2D eigenvalue weighted by molar-refractivity contribution is 6.02. The van der Waals surface area contributed by atoms with Gasteiger partial charge in [-0.3, -0.25) is 4.79 Å². The molecule has 1 amide bonds. The maximum atomic E-state index is 11.1. The van der Waals surface area contributed by atoms with Crippen LogP contribution in [0.3, 0.4) is 0 Å². The summed E-state index contributed by atoms with van der Waals surface area (Å²) in [5.74, 6) is -0.544. The molecule has 0 aliphatic rings. The van der Waals surface area contributed by atoms with Crippen LogP contribution < -0.4 is 5.73 Å². The van der Waals surface area contributed by atoms with Crippen molar-refractivity contribution < 1.29 is 4.79 Å². The van der Waals surface area contributed by atoms with Gasteiger partial charge in [0.2, 0.25) is 0 Å². The van der Waals surface area contributed by atoms with Crippen LogP contribution in [0.1, 0.15) is 37.0 Å². The lowest BCUT2D eigenvalue weighted by molar-refractivity contribution is 0.0997. The number of pyridine rings is 1. The van der Waals surface area contributed by atoms with Crippen LogP contribution >= 0.6 is 0 Å². The molecular formula is C11H16N4O. The Balaban J connectivity index is 0.000000606. The van der Waals surface area contributed by atoms with Gasteiger partial charge in [0.15, 0.2) is 5.69 Å². The Kier molecular flexibility index (Phi) is 3.99. The van der Waals surface area contributed by atoms with E-state index in [-0.39, 0.29) is 5.69 Å². The molecule has 0 radical (unpaired) electrons. The summed E-state index contributed by atoms with van der Waals surface area (Å²) in [4.78, 5) is 22.1. The summed E-state index contributed by atoms with van der Waals surface area (Å²) in [6, 6.07) is 1.87. The molecule has 0 saturated heterocycles. The average molecular weight is 220 g/mol. The van der Waals surface area contributed by atoms with Crippen molar-refractivity contribution in [2.75, 3.05) is 0 Å². The molecule has 2 aromatic heterocycles. The molecule has 2 heterocycles. The van der Waals surface area contributed by atoms with E-state index in [1.165, 1.54) is 6.33 Å². The van der Waals surface area contributed by atoms with Gasteiger partial charge >= 0.3 is 0 Å². The number of aromatic nitrogens is 3. The van der Waals surface area contributed by atoms with Gasteiger partial charge in [-0.25, -0.2) is 9.97 Å². The molecule has 0 atom stereocenters. The van der Waals surface area contributed by atoms with Crippen molar-refractivity contribution in [3.05, 3.63) is 23.8 Å². The standard InChI is InChI=1S/C9H10N4O.C2H6/c1-2-5-3-6-7(12-4-11-6)8(13-5)9(10)14;1-2/h3-4H,2H2,1H3,(H2,10,14)(H,11,12);1-2H3. The molecule has 0 spiro atoms. The largest absolute Gasteiger partial charge is 0.364 e. The Morgan fingerprint density at radius 2 is 2.19 bits per heavy atom. The predicted molar refractivity (Wildman–Crippen MR) is 63.1 cm³/mol. The number of H-pyrrole nitrogens is 1. The first kappa shape index (κ1) is 12.2. The Morgan fingerprint density at radius 1 is 1.50 bits per heavy atom. The van der Waals surface area contributed by atoms with Crippen molar-refractivity contribution in [2.24, 2.45) is 5.73 Å². The van der Waals surface area contributed by atoms with Gasteiger partial charge in [-0.05, 0) is 12.5 Å². The van der Waals surface area contributed by atoms with Crippen molar-refractivity contribution in [3.8, 4) is 0 Å². The van der Waals surface area contributed by atoms with Crippen LogP contribution in [0, 0.1) is 0 Å². The highest BCUT2D eigenvalue weighted by atomic mass is 16.1. The maximum Gasteiger partial charge on any atom is 0.269 e. The maximum absolute atomic E-state index is 11.1. The minimum Gasteiger partial charge on any atom is -0.364 e. The second-order valence-corrected chi connectivity index (χ2v) is 2.98. The zero-order valence-corrected chi connectivity index (χ0v) is 9.74. The van der Waals surface area contributed by atoms with Gasteiger partial charge in [0.05, 0.1) is 11.8 Å². The number of hydrogen-bond acceptors (Lipinski definition) is 3. The minimum absolute atomic E-state index is 0.237. The highest BCUT2D eigenvalue weighted by Crippen LogP contribution is 2.14. The molecule has 0 saturated carbocycles. The second-order valence-electron chi connectivity index (χ2n) is 2.98. The van der Waals surface area contributed by atoms with Crippen molar-refractivity contribution in [1.29, 1.82) is 0 Å². The summed E-state index contributed by atoms with van der Waals surface area (Å²) >= 11 is 0. The molecule has 0 fully saturated rings. The van der Waals surface area contributed by atoms with Crippen LogP contribution in [0.15, 0.2) is 12.4 Å². The smallest absolute Gasteiger partial charge is 0.269 e. The Labute approximate surface area is 94.1 Å². The molecule has 0 aliphatic carbocycles. The summed E-state index contributed by atoms with van der Waals surface area (Å²) in [6.07, 6.45) is 2.29. The minimum atomic E-state index is -0.544. The number of rotatable bonds is 2. The summed E-state index contributed by atoms with van der Waals surface area (Å²) in [6.45, 7) is 5.97. The van der Waals surface area contributed by atoms with E-state index in [0.29, 0.717) is 5.52 Å². The van der Waals surface area contributed by atoms with E-state index in [1.807, 2.05) is 26.8 Å². The van der Waals surface area contributed by atoms with Gasteiger partial charge in [0.25, 0.3) is 5.91 Å². The van der Waals surface area contributed by atoms with Crippen LogP contribution in [0.25, 0.3) is 11.0 Å². The summed E-state index contributed by atoms with van der Waals surface area (Å²) < 4.78 is 0. The fourth-order valence-corrected chi connectivity index (χ4v) is 1.35.